The van der Waals surface area contributed by atoms with Gasteiger partial charge in [-0.2, -0.15) is 0 Å². The van der Waals surface area contributed by atoms with Crippen LogP contribution in [0.1, 0.15) is 17.5 Å². The molecule has 0 spiro atoms. The number of aryl methyl sites for hydroxylation is 2. The van der Waals surface area contributed by atoms with E-state index in [1.165, 1.54) is 4.90 Å². The lowest BCUT2D eigenvalue weighted by atomic mass is 10.1. The van der Waals surface area contributed by atoms with Crippen LogP contribution in [-0.4, -0.2) is 17.9 Å². The van der Waals surface area contributed by atoms with Crippen molar-refractivity contribution in [3.05, 3.63) is 58.6 Å². The maximum absolute atomic E-state index is 12.7. The normalized spacial score (nSPS) is 17.7. The third kappa shape index (κ3) is 2.94. The number of hydrogen-bond acceptors (Lipinski definition) is 3. The van der Waals surface area contributed by atoms with E-state index in [4.69, 9.17) is 11.6 Å². The van der Waals surface area contributed by atoms with Gasteiger partial charge in [0.2, 0.25) is 5.91 Å². The highest BCUT2D eigenvalue weighted by Crippen LogP contribution is 2.28. The Bertz CT molecular complexity index is 768. The molecule has 0 unspecified atom stereocenters. The number of para-hydroxylation sites is 1. The van der Waals surface area contributed by atoms with Gasteiger partial charge < -0.3 is 5.32 Å². The first kappa shape index (κ1) is 15.6. The van der Waals surface area contributed by atoms with Crippen LogP contribution in [0, 0.1) is 13.8 Å². The Morgan fingerprint density at radius 1 is 1.09 bits per heavy atom. The fraction of sp³-hybridized carbons (Fsp3) is 0.222. The van der Waals surface area contributed by atoms with Crippen LogP contribution in [0.2, 0.25) is 5.02 Å². The Labute approximate surface area is 140 Å². The van der Waals surface area contributed by atoms with Gasteiger partial charge in [-0.05, 0) is 43.2 Å². The van der Waals surface area contributed by atoms with E-state index >= 15 is 0 Å². The Kier molecular flexibility index (Phi) is 4.09. The molecular formula is C18H17ClN2O2. The molecule has 1 fully saturated rings. The predicted molar refractivity (Wildman–Crippen MR) is 91.9 cm³/mol. The summed E-state index contributed by atoms with van der Waals surface area (Å²) in [4.78, 5) is 26.1. The summed E-state index contributed by atoms with van der Waals surface area (Å²) in [6.45, 7) is 3.95. The minimum atomic E-state index is -0.554. The Balaban J connectivity index is 1.87. The maximum atomic E-state index is 12.7. The molecule has 118 valence electrons. The second-order valence-electron chi connectivity index (χ2n) is 5.72. The number of nitrogens with zero attached hydrogens (tertiary/aromatic N) is 1. The summed E-state index contributed by atoms with van der Waals surface area (Å²) in [5.41, 5.74) is 3.52. The van der Waals surface area contributed by atoms with E-state index in [0.717, 1.165) is 16.8 Å². The monoisotopic (exact) mass is 328 g/mol. The molecule has 1 saturated heterocycles. The van der Waals surface area contributed by atoms with E-state index in [9.17, 15) is 9.59 Å². The largest absolute Gasteiger partial charge is 0.373 e. The van der Waals surface area contributed by atoms with Gasteiger partial charge >= 0.3 is 0 Å². The molecule has 0 aliphatic carbocycles. The number of hydrogen-bond donors (Lipinski definition) is 1. The highest BCUT2D eigenvalue weighted by atomic mass is 35.5. The highest BCUT2D eigenvalue weighted by molar-refractivity contribution is 6.31. The molecule has 1 heterocycles. The number of rotatable bonds is 3. The van der Waals surface area contributed by atoms with Gasteiger partial charge in [0.05, 0.1) is 12.1 Å². The van der Waals surface area contributed by atoms with Gasteiger partial charge in [-0.25, -0.2) is 4.90 Å². The topological polar surface area (TPSA) is 49.4 Å². The molecule has 0 radical (unpaired) electrons. The molecule has 23 heavy (non-hydrogen) atoms. The second-order valence-corrected chi connectivity index (χ2v) is 6.15. The number of carbonyl (C=O) groups is 2. The third-order valence-corrected chi connectivity index (χ3v) is 4.25. The van der Waals surface area contributed by atoms with Crippen molar-refractivity contribution in [2.24, 2.45) is 0 Å². The summed E-state index contributed by atoms with van der Waals surface area (Å²) < 4.78 is 0. The third-order valence-electron chi connectivity index (χ3n) is 4.01. The molecule has 2 aromatic carbocycles. The summed E-state index contributed by atoms with van der Waals surface area (Å²) in [6, 6.07) is 12.1. The SMILES string of the molecule is Cc1cccc(C)c1N[C@@H]1CC(=O)N(c2cccc(Cl)c2)C1=O. The van der Waals surface area contributed by atoms with Gasteiger partial charge in [-0.1, -0.05) is 35.9 Å². The Morgan fingerprint density at radius 2 is 1.74 bits per heavy atom. The van der Waals surface area contributed by atoms with Gasteiger partial charge in [-0.15, -0.1) is 0 Å². The first-order valence-corrected chi connectivity index (χ1v) is 7.80. The van der Waals surface area contributed by atoms with Crippen LogP contribution in [0.15, 0.2) is 42.5 Å². The van der Waals surface area contributed by atoms with E-state index < -0.39 is 6.04 Å². The molecule has 3 rings (SSSR count). The summed E-state index contributed by atoms with van der Waals surface area (Å²) in [5, 5.41) is 3.72. The number of amides is 2. The Hall–Kier alpha value is -2.33. The standard InChI is InChI=1S/C18H17ClN2O2/c1-11-5-3-6-12(2)17(11)20-15-10-16(22)21(18(15)23)14-8-4-7-13(19)9-14/h3-9,15,20H,10H2,1-2H3/t15-/m1/s1. The number of carbonyl (C=O) groups excluding carboxylic acids is 2. The molecule has 0 aromatic heterocycles. The van der Waals surface area contributed by atoms with Crippen molar-refractivity contribution in [3.63, 3.8) is 0 Å². The molecule has 2 aromatic rings. The molecule has 1 aliphatic heterocycles. The van der Waals surface area contributed by atoms with Crippen molar-refractivity contribution in [2.75, 3.05) is 10.2 Å². The number of benzene rings is 2. The summed E-state index contributed by atoms with van der Waals surface area (Å²) in [5.74, 6) is -0.471. The fourth-order valence-electron chi connectivity index (χ4n) is 2.85. The lowest BCUT2D eigenvalue weighted by molar-refractivity contribution is -0.121. The van der Waals surface area contributed by atoms with Crippen LogP contribution in [-0.2, 0) is 9.59 Å². The number of halogens is 1. The molecule has 1 N–H and O–H groups in total. The quantitative estimate of drug-likeness (QED) is 0.874. The van der Waals surface area contributed by atoms with Crippen LogP contribution in [0.3, 0.4) is 0 Å². The Morgan fingerprint density at radius 3 is 2.39 bits per heavy atom. The van der Waals surface area contributed by atoms with Crippen LogP contribution in [0.4, 0.5) is 11.4 Å². The zero-order valence-electron chi connectivity index (χ0n) is 13.0. The average Bonchev–Trinajstić information content (AvgIpc) is 2.77. The van der Waals surface area contributed by atoms with Crippen LogP contribution in [0.5, 0.6) is 0 Å². The van der Waals surface area contributed by atoms with Crippen LogP contribution in [0.25, 0.3) is 0 Å². The lowest BCUT2D eigenvalue weighted by Gasteiger charge is -2.18. The minimum Gasteiger partial charge on any atom is -0.373 e. The molecule has 2 amide bonds. The lowest BCUT2D eigenvalue weighted by Crippen LogP contribution is -2.35. The molecule has 0 saturated carbocycles. The van der Waals surface area contributed by atoms with Crippen molar-refractivity contribution in [2.45, 2.75) is 26.3 Å². The first-order valence-electron chi connectivity index (χ1n) is 7.42. The summed E-state index contributed by atoms with van der Waals surface area (Å²) in [7, 11) is 0. The molecular weight excluding hydrogens is 312 g/mol. The molecule has 4 nitrogen and oxygen atoms in total. The summed E-state index contributed by atoms with van der Waals surface area (Å²) in [6.07, 6.45) is 0.138. The zero-order valence-corrected chi connectivity index (χ0v) is 13.7. The smallest absolute Gasteiger partial charge is 0.256 e. The molecule has 1 atom stereocenters. The van der Waals surface area contributed by atoms with E-state index in [-0.39, 0.29) is 18.2 Å². The van der Waals surface area contributed by atoms with Crippen molar-refractivity contribution >= 4 is 34.8 Å². The predicted octanol–water partition coefficient (Wildman–Crippen LogP) is 3.70. The first-order chi connectivity index (χ1) is 11.0. The van der Waals surface area contributed by atoms with Crippen molar-refractivity contribution in [1.29, 1.82) is 0 Å². The number of nitrogens with one attached hydrogen (secondary N) is 1. The highest BCUT2D eigenvalue weighted by Gasteiger charge is 2.39. The molecule has 1 aliphatic rings. The summed E-state index contributed by atoms with van der Waals surface area (Å²) >= 11 is 5.96. The zero-order chi connectivity index (χ0) is 16.6. The van der Waals surface area contributed by atoms with Gasteiger partial charge in [0.1, 0.15) is 6.04 Å². The fourth-order valence-corrected chi connectivity index (χ4v) is 3.03. The average molecular weight is 329 g/mol. The minimum absolute atomic E-state index is 0.138. The van der Waals surface area contributed by atoms with Crippen molar-refractivity contribution in [3.8, 4) is 0 Å². The van der Waals surface area contributed by atoms with Gasteiger partial charge in [0.15, 0.2) is 0 Å². The maximum Gasteiger partial charge on any atom is 0.256 e. The van der Waals surface area contributed by atoms with Gasteiger partial charge in [-0.3, -0.25) is 9.59 Å². The van der Waals surface area contributed by atoms with Crippen molar-refractivity contribution < 1.29 is 9.59 Å². The number of anilines is 2. The second kappa shape index (κ2) is 6.05. The van der Waals surface area contributed by atoms with E-state index in [2.05, 4.69) is 5.32 Å². The van der Waals surface area contributed by atoms with E-state index in [1.54, 1.807) is 24.3 Å². The van der Waals surface area contributed by atoms with Gasteiger partial charge in [0.25, 0.3) is 5.91 Å². The number of imide groups is 1. The van der Waals surface area contributed by atoms with E-state index in [1.807, 2.05) is 32.0 Å². The molecule has 5 heteroatoms. The van der Waals surface area contributed by atoms with Crippen molar-refractivity contribution in [1.82, 2.24) is 0 Å². The van der Waals surface area contributed by atoms with Crippen LogP contribution < -0.4 is 10.2 Å². The van der Waals surface area contributed by atoms with Crippen LogP contribution >= 0.6 is 11.6 Å². The van der Waals surface area contributed by atoms with Gasteiger partial charge in [0, 0.05) is 10.7 Å². The molecule has 0 bridgehead atoms. The van der Waals surface area contributed by atoms with E-state index in [0.29, 0.717) is 10.7 Å².